The van der Waals surface area contributed by atoms with E-state index in [0.29, 0.717) is 0 Å². The van der Waals surface area contributed by atoms with E-state index >= 15 is 0 Å². The predicted octanol–water partition coefficient (Wildman–Crippen LogP) is 2.83. The molecule has 0 saturated heterocycles. The molecule has 0 saturated carbocycles. The van der Waals surface area contributed by atoms with E-state index in [0.717, 1.165) is 11.1 Å². The lowest BCUT2D eigenvalue weighted by molar-refractivity contribution is -0.142. The molecule has 2 aromatic carbocycles. The van der Waals surface area contributed by atoms with Crippen molar-refractivity contribution >= 4 is 17.8 Å². The van der Waals surface area contributed by atoms with E-state index in [1.54, 1.807) is 31.2 Å². The quantitative estimate of drug-likeness (QED) is 0.668. The first kappa shape index (κ1) is 20.2. The summed E-state index contributed by atoms with van der Waals surface area (Å²) in [5, 5.41) is 15.0. The Kier molecular flexibility index (Phi) is 7.11. The standard InChI is InChI=1S/C21H24N2O4/c1-14(21(26)27)20(17-11-7-4-8-12-17)23-19(25)13-18(22-15(2)24)16-9-5-3-6-10-16/h3-12,14,18,20H,13H2,1-2H3,(H,22,24)(H,23,25)(H,26,27). The van der Waals surface area contributed by atoms with Gasteiger partial charge in [-0.1, -0.05) is 60.7 Å². The molecule has 6 nitrogen and oxygen atoms in total. The van der Waals surface area contributed by atoms with Gasteiger partial charge in [0.25, 0.3) is 0 Å². The highest BCUT2D eigenvalue weighted by atomic mass is 16.4. The average molecular weight is 368 g/mol. The Bertz CT molecular complexity index is 777. The molecule has 0 aliphatic heterocycles. The molecule has 0 aliphatic rings. The lowest BCUT2D eigenvalue weighted by atomic mass is 9.94. The van der Waals surface area contributed by atoms with Crippen LogP contribution in [0.1, 0.15) is 43.5 Å². The Hall–Kier alpha value is -3.15. The van der Waals surface area contributed by atoms with Gasteiger partial charge in [-0.05, 0) is 18.1 Å². The van der Waals surface area contributed by atoms with Gasteiger partial charge in [-0.25, -0.2) is 0 Å². The number of hydrogen-bond donors (Lipinski definition) is 3. The largest absolute Gasteiger partial charge is 0.481 e. The second kappa shape index (κ2) is 9.52. The van der Waals surface area contributed by atoms with E-state index in [2.05, 4.69) is 10.6 Å². The van der Waals surface area contributed by atoms with E-state index in [1.165, 1.54) is 6.92 Å². The summed E-state index contributed by atoms with van der Waals surface area (Å²) in [6.45, 7) is 2.95. The Morgan fingerprint density at radius 2 is 1.41 bits per heavy atom. The maximum Gasteiger partial charge on any atom is 0.308 e. The van der Waals surface area contributed by atoms with Crippen LogP contribution in [0.2, 0.25) is 0 Å². The van der Waals surface area contributed by atoms with Crippen molar-refractivity contribution < 1.29 is 19.5 Å². The highest BCUT2D eigenvalue weighted by Crippen LogP contribution is 2.24. The fourth-order valence-corrected chi connectivity index (χ4v) is 2.90. The van der Waals surface area contributed by atoms with Crippen LogP contribution in [-0.2, 0) is 14.4 Å². The zero-order valence-corrected chi connectivity index (χ0v) is 15.4. The Morgan fingerprint density at radius 3 is 1.89 bits per heavy atom. The van der Waals surface area contributed by atoms with Crippen molar-refractivity contribution in [3.63, 3.8) is 0 Å². The van der Waals surface area contributed by atoms with Gasteiger partial charge in [0.1, 0.15) is 0 Å². The molecule has 0 aliphatic carbocycles. The first-order valence-corrected chi connectivity index (χ1v) is 8.77. The molecule has 3 unspecified atom stereocenters. The number of amides is 2. The second-order valence-corrected chi connectivity index (χ2v) is 6.45. The summed E-state index contributed by atoms with van der Waals surface area (Å²) in [7, 11) is 0. The van der Waals surface area contributed by atoms with Crippen LogP contribution in [0.4, 0.5) is 0 Å². The number of aliphatic carboxylic acids is 1. The van der Waals surface area contributed by atoms with Gasteiger partial charge in [-0.15, -0.1) is 0 Å². The van der Waals surface area contributed by atoms with Gasteiger partial charge in [0.2, 0.25) is 11.8 Å². The summed E-state index contributed by atoms with van der Waals surface area (Å²) in [6, 6.07) is 17.0. The molecule has 0 bridgehead atoms. The third-order valence-corrected chi connectivity index (χ3v) is 4.33. The average Bonchev–Trinajstić information content (AvgIpc) is 2.66. The number of carboxylic acid groups (broad SMARTS) is 1. The van der Waals surface area contributed by atoms with Crippen molar-refractivity contribution in [2.75, 3.05) is 0 Å². The number of carbonyl (C=O) groups excluding carboxylic acids is 2. The van der Waals surface area contributed by atoms with Crippen molar-refractivity contribution in [2.45, 2.75) is 32.4 Å². The smallest absolute Gasteiger partial charge is 0.308 e. The number of nitrogens with one attached hydrogen (secondary N) is 2. The van der Waals surface area contributed by atoms with Gasteiger partial charge in [0, 0.05) is 6.92 Å². The van der Waals surface area contributed by atoms with E-state index in [4.69, 9.17) is 0 Å². The summed E-state index contributed by atoms with van der Waals surface area (Å²) in [5.41, 5.74) is 1.53. The third-order valence-electron chi connectivity index (χ3n) is 4.33. The van der Waals surface area contributed by atoms with Crippen molar-refractivity contribution in [3.8, 4) is 0 Å². The second-order valence-electron chi connectivity index (χ2n) is 6.45. The number of carboxylic acids is 1. The summed E-state index contributed by atoms with van der Waals surface area (Å²) in [6.07, 6.45) is 0.0132. The number of benzene rings is 2. The Balaban J connectivity index is 2.17. The van der Waals surface area contributed by atoms with Gasteiger partial charge < -0.3 is 15.7 Å². The van der Waals surface area contributed by atoms with Gasteiger partial charge in [-0.2, -0.15) is 0 Å². The first-order chi connectivity index (χ1) is 12.9. The van der Waals surface area contributed by atoms with E-state index in [-0.39, 0.29) is 18.2 Å². The zero-order valence-electron chi connectivity index (χ0n) is 15.4. The summed E-state index contributed by atoms with van der Waals surface area (Å²) >= 11 is 0. The van der Waals surface area contributed by atoms with Gasteiger partial charge >= 0.3 is 5.97 Å². The SMILES string of the molecule is CC(=O)NC(CC(=O)NC(c1ccccc1)C(C)C(=O)O)c1ccccc1. The van der Waals surface area contributed by atoms with Crippen molar-refractivity contribution in [1.82, 2.24) is 10.6 Å². The molecule has 0 radical (unpaired) electrons. The highest BCUT2D eigenvalue weighted by Gasteiger charge is 2.28. The normalized spacial score (nSPS) is 13.9. The summed E-state index contributed by atoms with van der Waals surface area (Å²) < 4.78 is 0. The number of hydrogen-bond acceptors (Lipinski definition) is 3. The lowest BCUT2D eigenvalue weighted by Crippen LogP contribution is -2.38. The summed E-state index contributed by atoms with van der Waals surface area (Å²) in [5.74, 6) is -2.37. The van der Waals surface area contributed by atoms with Crippen LogP contribution >= 0.6 is 0 Å². The third kappa shape index (κ3) is 5.95. The fraction of sp³-hybridized carbons (Fsp3) is 0.286. The number of rotatable bonds is 8. The molecule has 27 heavy (non-hydrogen) atoms. The monoisotopic (exact) mass is 368 g/mol. The van der Waals surface area contributed by atoms with Crippen LogP contribution in [0.15, 0.2) is 60.7 Å². The van der Waals surface area contributed by atoms with E-state index in [1.807, 2.05) is 36.4 Å². The molecule has 0 aromatic heterocycles. The molecular formula is C21H24N2O4. The maximum atomic E-state index is 12.7. The minimum Gasteiger partial charge on any atom is -0.481 e. The minimum absolute atomic E-state index is 0.0132. The van der Waals surface area contributed by atoms with Gasteiger partial charge in [0.15, 0.2) is 0 Å². The van der Waals surface area contributed by atoms with Crippen molar-refractivity contribution in [3.05, 3.63) is 71.8 Å². The van der Waals surface area contributed by atoms with Crippen LogP contribution < -0.4 is 10.6 Å². The Labute approximate surface area is 158 Å². The molecule has 2 aromatic rings. The predicted molar refractivity (Wildman–Crippen MR) is 102 cm³/mol. The molecule has 0 heterocycles. The van der Waals surface area contributed by atoms with E-state index in [9.17, 15) is 19.5 Å². The zero-order chi connectivity index (χ0) is 19.8. The molecule has 0 spiro atoms. The molecule has 6 heteroatoms. The molecule has 142 valence electrons. The molecule has 2 amide bonds. The Morgan fingerprint density at radius 1 is 0.889 bits per heavy atom. The van der Waals surface area contributed by atoms with Crippen LogP contribution in [0.5, 0.6) is 0 Å². The van der Waals surface area contributed by atoms with Crippen LogP contribution in [-0.4, -0.2) is 22.9 Å². The van der Waals surface area contributed by atoms with Gasteiger partial charge in [-0.3, -0.25) is 14.4 Å². The number of carbonyl (C=O) groups is 3. The molecule has 2 rings (SSSR count). The maximum absolute atomic E-state index is 12.7. The van der Waals surface area contributed by atoms with Crippen LogP contribution in [0.25, 0.3) is 0 Å². The highest BCUT2D eigenvalue weighted by molar-refractivity contribution is 5.80. The first-order valence-electron chi connectivity index (χ1n) is 8.77. The van der Waals surface area contributed by atoms with Crippen molar-refractivity contribution in [2.24, 2.45) is 5.92 Å². The molecule has 0 fully saturated rings. The molecule has 3 N–H and O–H groups in total. The van der Waals surface area contributed by atoms with Crippen LogP contribution in [0.3, 0.4) is 0 Å². The topological polar surface area (TPSA) is 95.5 Å². The van der Waals surface area contributed by atoms with Crippen molar-refractivity contribution in [1.29, 1.82) is 0 Å². The molecule has 3 atom stereocenters. The summed E-state index contributed by atoms with van der Waals surface area (Å²) in [4.78, 5) is 35.7. The van der Waals surface area contributed by atoms with Crippen LogP contribution in [0, 0.1) is 5.92 Å². The van der Waals surface area contributed by atoms with E-state index < -0.39 is 24.0 Å². The molecular weight excluding hydrogens is 344 g/mol. The lowest BCUT2D eigenvalue weighted by Gasteiger charge is -2.25. The fourth-order valence-electron chi connectivity index (χ4n) is 2.90. The van der Waals surface area contributed by atoms with Gasteiger partial charge in [0.05, 0.1) is 24.4 Å². The minimum atomic E-state index is -0.995.